The second-order valence-corrected chi connectivity index (χ2v) is 10.1. The maximum Gasteiger partial charge on any atom is 0.255 e. The summed E-state index contributed by atoms with van der Waals surface area (Å²) in [4.78, 5) is 16.1. The Bertz CT molecular complexity index is 1280. The fraction of sp³-hybridized carbons (Fsp3) is 0.429. The van der Waals surface area contributed by atoms with E-state index >= 15 is 0 Å². The van der Waals surface area contributed by atoms with Crippen LogP contribution in [0.4, 0.5) is 0 Å². The first-order chi connectivity index (χ1) is 17.5. The Hall–Kier alpha value is -3.52. The number of para-hydroxylation sites is 1. The van der Waals surface area contributed by atoms with Crippen LogP contribution in [0.1, 0.15) is 47.6 Å². The lowest BCUT2D eigenvalue weighted by Gasteiger charge is -2.46. The number of carbonyl (C=O) groups is 1. The van der Waals surface area contributed by atoms with Gasteiger partial charge >= 0.3 is 0 Å². The summed E-state index contributed by atoms with van der Waals surface area (Å²) in [6.07, 6.45) is 5.26. The third-order valence-corrected chi connectivity index (χ3v) is 7.49. The molecule has 8 nitrogen and oxygen atoms in total. The van der Waals surface area contributed by atoms with Crippen LogP contribution in [0, 0.1) is 0 Å². The predicted octanol–water partition coefficient (Wildman–Crippen LogP) is 3.97. The summed E-state index contributed by atoms with van der Waals surface area (Å²) >= 11 is 0. The number of benzene rings is 2. The molecular weight excluding hydrogens is 456 g/mol. The molecule has 0 aliphatic carbocycles. The number of aryl methyl sites for hydroxylation is 1. The zero-order chi connectivity index (χ0) is 24.7. The molecule has 2 aromatic carbocycles. The van der Waals surface area contributed by atoms with Gasteiger partial charge in [-0.15, -0.1) is 0 Å². The Kier molecular flexibility index (Phi) is 5.84. The lowest BCUT2D eigenvalue weighted by molar-refractivity contribution is -0.0195. The van der Waals surface area contributed by atoms with Crippen molar-refractivity contribution < 1.29 is 19.0 Å². The zero-order valence-electron chi connectivity index (χ0n) is 20.8. The molecule has 0 unspecified atom stereocenters. The van der Waals surface area contributed by atoms with Crippen LogP contribution in [-0.2, 0) is 7.05 Å². The van der Waals surface area contributed by atoms with Gasteiger partial charge in [0.1, 0.15) is 17.0 Å². The summed E-state index contributed by atoms with van der Waals surface area (Å²) < 4.78 is 19.9. The molecule has 0 saturated carbocycles. The number of likely N-dealkylation sites (tertiary alicyclic amines) is 1. The van der Waals surface area contributed by atoms with Crippen molar-refractivity contribution in [1.29, 1.82) is 0 Å². The number of nitrogens with one attached hydrogen (secondary N) is 1. The van der Waals surface area contributed by atoms with Gasteiger partial charge in [-0.3, -0.25) is 9.48 Å². The van der Waals surface area contributed by atoms with Gasteiger partial charge in [-0.05, 0) is 44.2 Å². The van der Waals surface area contributed by atoms with Gasteiger partial charge in [0.25, 0.3) is 5.91 Å². The first-order valence-electron chi connectivity index (χ1n) is 12.7. The Morgan fingerprint density at radius 2 is 1.81 bits per heavy atom. The third kappa shape index (κ3) is 4.30. The number of hydrogen-bond donors (Lipinski definition) is 1. The molecule has 1 saturated heterocycles. The van der Waals surface area contributed by atoms with Gasteiger partial charge in [0.15, 0.2) is 11.5 Å². The molecule has 1 N–H and O–H groups in total. The number of carbonyl (C=O) groups excluding carboxylic acids is 1. The summed E-state index contributed by atoms with van der Waals surface area (Å²) in [6.45, 7) is 3.21. The highest BCUT2D eigenvalue weighted by atomic mass is 16.5. The van der Waals surface area contributed by atoms with Crippen LogP contribution in [0.2, 0.25) is 0 Å². The number of rotatable bonds is 3. The average molecular weight is 489 g/mol. The molecule has 1 fully saturated rings. The van der Waals surface area contributed by atoms with Crippen LogP contribution in [0.5, 0.6) is 17.2 Å². The molecule has 3 aliphatic rings. The quantitative estimate of drug-likeness (QED) is 0.601. The van der Waals surface area contributed by atoms with E-state index in [0.29, 0.717) is 30.2 Å². The number of nitrogens with zero attached hydrogens (tertiary/aromatic N) is 3. The van der Waals surface area contributed by atoms with E-state index in [0.717, 1.165) is 61.4 Å². The van der Waals surface area contributed by atoms with Gasteiger partial charge in [0.2, 0.25) is 0 Å². The van der Waals surface area contributed by atoms with Crippen LogP contribution >= 0.6 is 0 Å². The fourth-order valence-corrected chi connectivity index (χ4v) is 5.49. The van der Waals surface area contributed by atoms with Gasteiger partial charge < -0.3 is 24.4 Å². The van der Waals surface area contributed by atoms with Crippen LogP contribution in [0.25, 0.3) is 11.3 Å². The summed E-state index contributed by atoms with van der Waals surface area (Å²) in [7, 11) is 3.98. The molecule has 3 aromatic rings. The van der Waals surface area contributed by atoms with E-state index in [9.17, 15) is 4.79 Å². The van der Waals surface area contributed by atoms with Crippen molar-refractivity contribution in [3.8, 4) is 28.5 Å². The van der Waals surface area contributed by atoms with E-state index < -0.39 is 0 Å². The number of piperidine rings is 1. The fourth-order valence-electron chi connectivity index (χ4n) is 5.49. The number of aromatic nitrogens is 2. The minimum absolute atomic E-state index is 0.136. The molecular formula is C28H32N4O4. The first-order valence-corrected chi connectivity index (χ1v) is 12.7. The van der Waals surface area contributed by atoms with Gasteiger partial charge in [-0.2, -0.15) is 5.10 Å². The molecule has 0 bridgehead atoms. The maximum atomic E-state index is 13.7. The largest absolute Gasteiger partial charge is 0.490 e. The standard InChI is InChI=1S/C28H32N4O4/c1-31-12-10-28(11-13-31)17-22(20-6-3-4-7-23(20)36-28)29-27(33)21-18-32(2)30-26(21)19-8-9-24-25(16-19)35-15-5-14-34-24/h3-4,6-9,16,18,22H,5,10-15,17H2,1-2H3,(H,29,33)/t22-/m0/s1. The van der Waals surface area contributed by atoms with E-state index in [1.54, 1.807) is 10.9 Å². The Balaban J connectivity index is 1.30. The van der Waals surface area contributed by atoms with E-state index in [1.165, 1.54) is 0 Å². The van der Waals surface area contributed by atoms with Crippen molar-refractivity contribution in [2.24, 2.45) is 7.05 Å². The predicted molar refractivity (Wildman–Crippen MR) is 136 cm³/mol. The SMILES string of the molecule is CN1CCC2(CC1)C[C@H](NC(=O)c1cn(C)nc1-c1ccc3c(c1)OCCCO3)c1ccccc1O2. The summed E-state index contributed by atoms with van der Waals surface area (Å²) in [5, 5.41) is 7.96. The number of amides is 1. The Morgan fingerprint density at radius 1 is 1.03 bits per heavy atom. The van der Waals surface area contributed by atoms with E-state index in [4.69, 9.17) is 14.2 Å². The highest BCUT2D eigenvalue weighted by molar-refractivity contribution is 6.00. The van der Waals surface area contributed by atoms with Crippen molar-refractivity contribution >= 4 is 5.91 Å². The minimum Gasteiger partial charge on any atom is -0.490 e. The lowest BCUT2D eigenvalue weighted by Crippen LogP contribution is -2.51. The van der Waals surface area contributed by atoms with Gasteiger partial charge in [0, 0.05) is 50.3 Å². The van der Waals surface area contributed by atoms with Crippen LogP contribution < -0.4 is 19.5 Å². The van der Waals surface area contributed by atoms with Gasteiger partial charge in [-0.1, -0.05) is 18.2 Å². The highest BCUT2D eigenvalue weighted by Gasteiger charge is 2.43. The topological polar surface area (TPSA) is 77.9 Å². The lowest BCUT2D eigenvalue weighted by atomic mass is 9.80. The van der Waals surface area contributed by atoms with E-state index in [1.807, 2.05) is 43.4 Å². The summed E-state index contributed by atoms with van der Waals surface area (Å²) in [6, 6.07) is 13.7. The number of hydrogen-bond acceptors (Lipinski definition) is 6. The van der Waals surface area contributed by atoms with Gasteiger partial charge in [0.05, 0.1) is 24.8 Å². The van der Waals surface area contributed by atoms with Crippen molar-refractivity contribution in [1.82, 2.24) is 20.0 Å². The number of ether oxygens (including phenoxy) is 3. The van der Waals surface area contributed by atoms with Crippen LogP contribution in [0.15, 0.2) is 48.7 Å². The molecule has 0 radical (unpaired) electrons. The first kappa shape index (κ1) is 22.9. The van der Waals surface area contributed by atoms with Crippen molar-refractivity contribution in [2.75, 3.05) is 33.4 Å². The number of fused-ring (bicyclic) bond motifs is 2. The Morgan fingerprint density at radius 3 is 2.64 bits per heavy atom. The maximum absolute atomic E-state index is 13.7. The molecule has 4 heterocycles. The monoisotopic (exact) mass is 488 g/mol. The second kappa shape index (κ2) is 9.17. The minimum atomic E-state index is -0.259. The second-order valence-electron chi connectivity index (χ2n) is 10.1. The zero-order valence-corrected chi connectivity index (χ0v) is 20.8. The summed E-state index contributed by atoms with van der Waals surface area (Å²) in [5.41, 5.74) is 2.75. The van der Waals surface area contributed by atoms with Gasteiger partial charge in [-0.25, -0.2) is 0 Å². The van der Waals surface area contributed by atoms with E-state index in [2.05, 4.69) is 28.4 Å². The molecule has 1 amide bonds. The van der Waals surface area contributed by atoms with Crippen molar-refractivity contribution in [2.45, 2.75) is 37.3 Å². The smallest absolute Gasteiger partial charge is 0.255 e. The average Bonchev–Trinajstić information content (AvgIpc) is 3.12. The highest BCUT2D eigenvalue weighted by Crippen LogP contribution is 2.44. The molecule has 1 aromatic heterocycles. The molecule has 3 aliphatic heterocycles. The molecule has 188 valence electrons. The molecule has 1 spiro atoms. The summed E-state index contributed by atoms with van der Waals surface area (Å²) in [5.74, 6) is 2.13. The molecule has 1 atom stereocenters. The molecule has 8 heteroatoms. The van der Waals surface area contributed by atoms with Crippen LogP contribution in [0.3, 0.4) is 0 Å². The molecule has 36 heavy (non-hydrogen) atoms. The van der Waals surface area contributed by atoms with Crippen molar-refractivity contribution in [3.05, 3.63) is 59.8 Å². The van der Waals surface area contributed by atoms with Crippen molar-refractivity contribution in [3.63, 3.8) is 0 Å². The van der Waals surface area contributed by atoms with Crippen LogP contribution in [-0.4, -0.2) is 59.5 Å². The Labute approximate surface area is 211 Å². The third-order valence-electron chi connectivity index (χ3n) is 7.49. The van der Waals surface area contributed by atoms with E-state index in [-0.39, 0.29) is 17.6 Å². The molecule has 6 rings (SSSR count). The normalized spacial score (nSPS) is 20.8.